The molecular formula is C16H23NO3. The van der Waals surface area contributed by atoms with E-state index in [1.165, 1.54) is 18.5 Å². The smallest absolute Gasteiger partial charge is 0.119 e. The van der Waals surface area contributed by atoms with Crippen molar-refractivity contribution >= 4 is 0 Å². The zero-order valence-corrected chi connectivity index (χ0v) is 11.9. The largest absolute Gasteiger partial charge is 0.491 e. The number of benzene rings is 1. The summed E-state index contributed by atoms with van der Waals surface area (Å²) >= 11 is 0. The molecule has 0 aliphatic carbocycles. The summed E-state index contributed by atoms with van der Waals surface area (Å²) < 4.78 is 16.1. The lowest BCUT2D eigenvalue weighted by Crippen LogP contribution is -2.36. The number of hydrogen-bond acceptors (Lipinski definition) is 4. The van der Waals surface area contributed by atoms with Crippen molar-refractivity contribution < 1.29 is 14.2 Å². The van der Waals surface area contributed by atoms with Gasteiger partial charge in [0.2, 0.25) is 0 Å². The van der Waals surface area contributed by atoms with Gasteiger partial charge < -0.3 is 14.2 Å². The second-order valence-corrected chi connectivity index (χ2v) is 5.47. The van der Waals surface area contributed by atoms with Gasteiger partial charge in [-0.3, -0.25) is 4.90 Å². The Morgan fingerprint density at radius 1 is 1.15 bits per heavy atom. The molecule has 2 fully saturated rings. The predicted octanol–water partition coefficient (Wildman–Crippen LogP) is 1.73. The Bertz CT molecular complexity index is 397. The molecule has 4 nitrogen and oxygen atoms in total. The summed E-state index contributed by atoms with van der Waals surface area (Å²) in [6.07, 6.45) is 2.66. The van der Waals surface area contributed by atoms with Gasteiger partial charge >= 0.3 is 0 Å². The molecule has 110 valence electrons. The Morgan fingerprint density at radius 2 is 1.90 bits per heavy atom. The molecule has 0 N–H and O–H groups in total. The molecule has 20 heavy (non-hydrogen) atoms. The third-order valence-electron chi connectivity index (χ3n) is 3.81. The van der Waals surface area contributed by atoms with E-state index >= 15 is 0 Å². The number of nitrogens with zero attached hydrogens (tertiary/aromatic N) is 1. The Hall–Kier alpha value is -1.10. The van der Waals surface area contributed by atoms with Crippen molar-refractivity contribution in [3.63, 3.8) is 0 Å². The molecule has 2 aliphatic rings. The Labute approximate surface area is 120 Å². The number of morpholine rings is 1. The average molecular weight is 277 g/mol. The third-order valence-corrected chi connectivity index (χ3v) is 3.81. The Morgan fingerprint density at radius 3 is 2.60 bits per heavy atom. The van der Waals surface area contributed by atoms with Crippen molar-refractivity contribution in [2.24, 2.45) is 0 Å². The summed E-state index contributed by atoms with van der Waals surface area (Å²) in [5.74, 6) is 0.942. The van der Waals surface area contributed by atoms with Crippen LogP contribution >= 0.6 is 0 Å². The first-order chi connectivity index (χ1) is 9.90. The molecule has 1 atom stereocenters. The summed E-state index contributed by atoms with van der Waals surface area (Å²) in [5.41, 5.74) is 1.38. The number of epoxide rings is 1. The molecule has 0 amide bonds. The summed E-state index contributed by atoms with van der Waals surface area (Å²) in [6, 6.07) is 8.46. The molecule has 2 heterocycles. The standard InChI is InChI=1S/C16H23NO3/c1(7-17-8-10-18-11-9-17)2-14-3-5-15(6-4-14)19-12-16-13-20-16/h3-6,16H,1-2,7-13H2. The number of aryl methyl sites for hydroxylation is 1. The topological polar surface area (TPSA) is 34.2 Å². The second kappa shape index (κ2) is 7.07. The van der Waals surface area contributed by atoms with E-state index in [0.29, 0.717) is 12.7 Å². The monoisotopic (exact) mass is 277 g/mol. The lowest BCUT2D eigenvalue weighted by molar-refractivity contribution is 0.0374. The van der Waals surface area contributed by atoms with Crippen LogP contribution in [0.2, 0.25) is 0 Å². The summed E-state index contributed by atoms with van der Waals surface area (Å²) in [4.78, 5) is 2.48. The summed E-state index contributed by atoms with van der Waals surface area (Å²) in [6.45, 7) is 6.62. The van der Waals surface area contributed by atoms with Gasteiger partial charge in [-0.1, -0.05) is 12.1 Å². The van der Waals surface area contributed by atoms with Gasteiger partial charge in [0.15, 0.2) is 0 Å². The first kappa shape index (κ1) is 13.9. The van der Waals surface area contributed by atoms with Crippen LogP contribution in [-0.4, -0.2) is 57.1 Å². The molecule has 0 spiro atoms. The van der Waals surface area contributed by atoms with Crippen molar-refractivity contribution in [1.29, 1.82) is 0 Å². The van der Waals surface area contributed by atoms with Crippen molar-refractivity contribution in [2.75, 3.05) is 46.1 Å². The zero-order valence-electron chi connectivity index (χ0n) is 11.9. The van der Waals surface area contributed by atoms with E-state index in [1.807, 2.05) is 0 Å². The van der Waals surface area contributed by atoms with Gasteiger partial charge in [0.05, 0.1) is 19.8 Å². The van der Waals surface area contributed by atoms with Crippen LogP contribution in [0.1, 0.15) is 12.0 Å². The molecule has 0 aromatic heterocycles. The fraction of sp³-hybridized carbons (Fsp3) is 0.625. The maximum atomic E-state index is 5.64. The van der Waals surface area contributed by atoms with Gasteiger partial charge in [0.25, 0.3) is 0 Å². The zero-order chi connectivity index (χ0) is 13.6. The van der Waals surface area contributed by atoms with E-state index in [9.17, 15) is 0 Å². The minimum Gasteiger partial charge on any atom is -0.491 e. The fourth-order valence-corrected chi connectivity index (χ4v) is 2.44. The minimum absolute atomic E-state index is 0.322. The van der Waals surface area contributed by atoms with Crippen LogP contribution in [-0.2, 0) is 15.9 Å². The molecule has 2 saturated heterocycles. The normalized spacial score (nSPS) is 22.7. The van der Waals surface area contributed by atoms with Gasteiger partial charge in [0.1, 0.15) is 18.5 Å². The van der Waals surface area contributed by atoms with Gasteiger partial charge in [-0.2, -0.15) is 0 Å². The van der Waals surface area contributed by atoms with Gasteiger partial charge in [-0.25, -0.2) is 0 Å². The molecule has 1 unspecified atom stereocenters. The quantitative estimate of drug-likeness (QED) is 0.711. The highest BCUT2D eigenvalue weighted by Gasteiger charge is 2.22. The molecule has 1 aromatic carbocycles. The maximum Gasteiger partial charge on any atom is 0.119 e. The molecule has 2 aliphatic heterocycles. The Balaban J connectivity index is 1.36. The SMILES string of the molecule is c1cc(OCC2CO2)ccc1CCCN1CCOCC1. The van der Waals surface area contributed by atoms with Crippen LogP contribution in [0.5, 0.6) is 5.75 Å². The van der Waals surface area contributed by atoms with E-state index in [-0.39, 0.29) is 0 Å². The van der Waals surface area contributed by atoms with Crippen LogP contribution in [0, 0.1) is 0 Å². The van der Waals surface area contributed by atoms with Crippen LogP contribution in [0.4, 0.5) is 0 Å². The van der Waals surface area contributed by atoms with Crippen molar-refractivity contribution in [1.82, 2.24) is 4.90 Å². The third kappa shape index (κ3) is 4.47. The van der Waals surface area contributed by atoms with Gasteiger partial charge in [-0.15, -0.1) is 0 Å². The lowest BCUT2D eigenvalue weighted by Gasteiger charge is -2.26. The molecule has 0 bridgehead atoms. The number of ether oxygens (including phenoxy) is 3. The number of hydrogen-bond donors (Lipinski definition) is 0. The second-order valence-electron chi connectivity index (χ2n) is 5.47. The predicted molar refractivity (Wildman–Crippen MR) is 77.3 cm³/mol. The highest BCUT2D eigenvalue weighted by atomic mass is 16.6. The number of rotatable bonds is 7. The van der Waals surface area contributed by atoms with Crippen molar-refractivity contribution in [3.8, 4) is 5.75 Å². The molecule has 0 saturated carbocycles. The van der Waals surface area contributed by atoms with E-state index in [0.717, 1.165) is 45.1 Å². The van der Waals surface area contributed by atoms with Gasteiger partial charge in [-0.05, 0) is 37.1 Å². The molecule has 0 radical (unpaired) electrons. The first-order valence-electron chi connectivity index (χ1n) is 7.53. The summed E-state index contributed by atoms with van der Waals surface area (Å²) in [7, 11) is 0. The van der Waals surface area contributed by atoms with E-state index < -0.39 is 0 Å². The van der Waals surface area contributed by atoms with Gasteiger partial charge in [0, 0.05) is 13.1 Å². The molecule has 4 heteroatoms. The molecule has 1 aromatic rings. The highest BCUT2D eigenvalue weighted by Crippen LogP contribution is 2.16. The van der Waals surface area contributed by atoms with E-state index in [2.05, 4.69) is 29.2 Å². The minimum atomic E-state index is 0.322. The first-order valence-corrected chi connectivity index (χ1v) is 7.53. The highest BCUT2D eigenvalue weighted by molar-refractivity contribution is 5.27. The maximum absolute atomic E-state index is 5.64. The van der Waals surface area contributed by atoms with Crippen LogP contribution in [0.25, 0.3) is 0 Å². The van der Waals surface area contributed by atoms with E-state index in [4.69, 9.17) is 14.2 Å². The lowest BCUT2D eigenvalue weighted by atomic mass is 10.1. The van der Waals surface area contributed by atoms with Crippen molar-refractivity contribution in [3.05, 3.63) is 29.8 Å². The average Bonchev–Trinajstić information content (AvgIpc) is 3.32. The molecular weight excluding hydrogens is 254 g/mol. The van der Waals surface area contributed by atoms with Crippen molar-refractivity contribution in [2.45, 2.75) is 18.9 Å². The fourth-order valence-electron chi connectivity index (χ4n) is 2.44. The van der Waals surface area contributed by atoms with Crippen LogP contribution in [0.3, 0.4) is 0 Å². The van der Waals surface area contributed by atoms with Crippen LogP contribution in [0.15, 0.2) is 24.3 Å². The Kier molecular flexibility index (Phi) is 4.90. The van der Waals surface area contributed by atoms with E-state index in [1.54, 1.807) is 0 Å². The summed E-state index contributed by atoms with van der Waals surface area (Å²) in [5, 5.41) is 0. The molecule has 3 rings (SSSR count). The van der Waals surface area contributed by atoms with Crippen LogP contribution < -0.4 is 4.74 Å².